The molecule has 302 valence electrons. The highest BCUT2D eigenvalue weighted by atomic mass is 19.2. The van der Waals surface area contributed by atoms with Crippen LogP contribution in [0.5, 0.6) is 11.5 Å². The first-order valence-corrected chi connectivity index (χ1v) is 16.0. The Kier molecular flexibility index (Phi) is 17.2. The summed E-state index contributed by atoms with van der Waals surface area (Å²) in [5, 5.41) is 14.4. The molecule has 0 aromatic heterocycles. The summed E-state index contributed by atoms with van der Waals surface area (Å²) in [5.41, 5.74) is 0.834. The third kappa shape index (κ3) is 13.1. The van der Waals surface area contributed by atoms with Crippen molar-refractivity contribution in [2.45, 2.75) is 59.2 Å². The predicted octanol–water partition coefficient (Wildman–Crippen LogP) is 7.05. The maximum atomic E-state index is 13.3. The number of rotatable bonds is 16. The standard InChI is InChI=1S/C20H30N2O5.C15H4F10O3/c1-13(2)10-16(18(23)21-17(19(24)25)11-14(3)4)22-20(26)27-12-15-8-6-5-7-9-15;16-4-6(18)10(22)14(11(23)7(4)19)27-1-3(26)2-28-15-12(24)8(20)5(17)9(21)13(15)25/h5-9,13-14,16-17H,10-12H2,1-4H3,(H,21,23)(H,22,26)(H,24,25);1-2H2/t16-,17-;/m0./s1. The molecule has 10 nitrogen and oxygen atoms in total. The van der Waals surface area contributed by atoms with E-state index in [0.717, 1.165) is 5.56 Å². The molecule has 0 saturated heterocycles. The van der Waals surface area contributed by atoms with Gasteiger partial charge in [0.05, 0.1) is 0 Å². The van der Waals surface area contributed by atoms with Gasteiger partial charge < -0.3 is 30.0 Å². The van der Waals surface area contributed by atoms with Crippen molar-refractivity contribution in [3.8, 4) is 11.5 Å². The van der Waals surface area contributed by atoms with Gasteiger partial charge in [-0.2, -0.15) is 17.6 Å². The SMILES string of the molecule is CC(C)C[C@H](NC(=O)[C@H](CC(C)C)NC(=O)OCc1ccccc1)C(=O)O.O=C(COc1c(F)c(F)c(F)c(F)c1F)COc1c(F)c(F)c(F)c(F)c1F. The van der Waals surface area contributed by atoms with Gasteiger partial charge in [0.25, 0.3) is 0 Å². The number of amides is 2. The molecular weight excluding hydrogens is 766 g/mol. The van der Waals surface area contributed by atoms with E-state index in [1.54, 1.807) is 0 Å². The Morgan fingerprint density at radius 3 is 1.35 bits per heavy atom. The Morgan fingerprint density at radius 1 is 0.582 bits per heavy atom. The highest BCUT2D eigenvalue weighted by Crippen LogP contribution is 2.30. The number of carbonyl (C=O) groups is 4. The molecule has 0 aliphatic rings. The number of alkyl carbamates (subject to hydrolysis) is 1. The third-order valence-corrected chi connectivity index (χ3v) is 6.94. The van der Waals surface area contributed by atoms with E-state index in [0.29, 0.717) is 12.8 Å². The van der Waals surface area contributed by atoms with Crippen LogP contribution in [0.15, 0.2) is 30.3 Å². The zero-order valence-electron chi connectivity index (χ0n) is 29.3. The summed E-state index contributed by atoms with van der Waals surface area (Å²) in [6.45, 7) is 4.84. The minimum Gasteiger partial charge on any atom is -0.480 e. The Hall–Kier alpha value is -5.56. The van der Waals surface area contributed by atoms with Crippen molar-refractivity contribution in [3.63, 3.8) is 0 Å². The van der Waals surface area contributed by atoms with Gasteiger partial charge in [-0.1, -0.05) is 58.0 Å². The molecule has 20 heteroatoms. The Bertz CT molecular complexity index is 1710. The number of hydrogen-bond acceptors (Lipinski definition) is 7. The molecule has 0 spiro atoms. The number of ether oxygens (including phenoxy) is 3. The first kappa shape index (κ1) is 45.6. The number of carboxylic acids is 1. The molecule has 0 bridgehead atoms. The molecule has 55 heavy (non-hydrogen) atoms. The second kappa shape index (κ2) is 20.8. The quantitative estimate of drug-likeness (QED) is 0.0797. The lowest BCUT2D eigenvalue weighted by Crippen LogP contribution is -2.52. The van der Waals surface area contributed by atoms with Crippen LogP contribution in [0, 0.1) is 70.0 Å². The van der Waals surface area contributed by atoms with Crippen LogP contribution in [0.4, 0.5) is 48.7 Å². The van der Waals surface area contributed by atoms with Gasteiger partial charge in [-0.15, -0.1) is 0 Å². The molecule has 3 aromatic carbocycles. The zero-order chi connectivity index (χ0) is 41.7. The molecule has 0 saturated carbocycles. The van der Waals surface area contributed by atoms with Crippen LogP contribution in [0.1, 0.15) is 46.1 Å². The summed E-state index contributed by atoms with van der Waals surface area (Å²) in [5.74, 6) is -30.4. The van der Waals surface area contributed by atoms with Crippen LogP contribution < -0.4 is 20.1 Å². The van der Waals surface area contributed by atoms with Crippen LogP contribution in [-0.2, 0) is 25.7 Å². The van der Waals surface area contributed by atoms with E-state index >= 15 is 0 Å². The van der Waals surface area contributed by atoms with Gasteiger partial charge >= 0.3 is 12.1 Å². The summed E-state index contributed by atoms with van der Waals surface area (Å²) in [6, 6.07) is 7.35. The monoisotopic (exact) mass is 800 g/mol. The molecule has 0 unspecified atom stereocenters. The van der Waals surface area contributed by atoms with Gasteiger partial charge in [0, 0.05) is 0 Å². The van der Waals surface area contributed by atoms with Gasteiger partial charge in [-0.05, 0) is 30.2 Å². The maximum absolute atomic E-state index is 13.3. The molecule has 0 heterocycles. The normalized spacial score (nSPS) is 12.0. The van der Waals surface area contributed by atoms with Gasteiger partial charge in [-0.3, -0.25) is 9.59 Å². The Morgan fingerprint density at radius 2 is 0.964 bits per heavy atom. The minimum absolute atomic E-state index is 0.0911. The van der Waals surface area contributed by atoms with Crippen molar-refractivity contribution >= 4 is 23.8 Å². The van der Waals surface area contributed by atoms with Crippen LogP contribution in [0.3, 0.4) is 0 Å². The maximum Gasteiger partial charge on any atom is 0.408 e. The lowest BCUT2D eigenvalue weighted by Gasteiger charge is -2.23. The molecule has 2 amide bonds. The minimum atomic E-state index is -2.48. The van der Waals surface area contributed by atoms with E-state index in [4.69, 9.17) is 4.74 Å². The fourth-order valence-electron chi connectivity index (χ4n) is 4.35. The lowest BCUT2D eigenvalue weighted by atomic mass is 10.0. The average molecular weight is 801 g/mol. The number of benzene rings is 3. The molecule has 0 aliphatic carbocycles. The van der Waals surface area contributed by atoms with Crippen molar-refractivity contribution in [2.75, 3.05) is 13.2 Å². The van der Waals surface area contributed by atoms with E-state index in [9.17, 15) is 68.2 Å². The van der Waals surface area contributed by atoms with E-state index in [-0.39, 0.29) is 18.4 Å². The molecule has 0 radical (unpaired) electrons. The summed E-state index contributed by atoms with van der Waals surface area (Å²) >= 11 is 0. The first-order chi connectivity index (χ1) is 25.7. The molecule has 0 fully saturated rings. The summed E-state index contributed by atoms with van der Waals surface area (Å²) in [6.07, 6.45) is -0.0239. The van der Waals surface area contributed by atoms with Crippen molar-refractivity contribution in [3.05, 3.63) is 94.1 Å². The van der Waals surface area contributed by atoms with Crippen LogP contribution in [0.25, 0.3) is 0 Å². The molecule has 3 N–H and O–H groups in total. The largest absolute Gasteiger partial charge is 0.480 e. The smallest absolute Gasteiger partial charge is 0.408 e. The predicted molar refractivity (Wildman–Crippen MR) is 170 cm³/mol. The van der Waals surface area contributed by atoms with Crippen LogP contribution >= 0.6 is 0 Å². The van der Waals surface area contributed by atoms with Crippen molar-refractivity contribution < 1.29 is 82.4 Å². The van der Waals surface area contributed by atoms with Gasteiger partial charge in [-0.25, -0.2) is 35.9 Å². The number of carboxylic acid groups (broad SMARTS) is 1. The number of Topliss-reactive ketones (excluding diaryl/α,β-unsaturated/α-hetero) is 1. The number of ketones is 1. The van der Waals surface area contributed by atoms with Crippen molar-refractivity contribution in [2.24, 2.45) is 11.8 Å². The molecule has 3 rings (SSSR count). The fraction of sp³-hybridized carbons (Fsp3) is 0.371. The van der Waals surface area contributed by atoms with E-state index in [1.807, 2.05) is 58.0 Å². The lowest BCUT2D eigenvalue weighted by molar-refractivity contribution is -0.142. The van der Waals surface area contributed by atoms with E-state index < -0.39 is 119 Å². The zero-order valence-corrected chi connectivity index (χ0v) is 29.3. The highest BCUT2D eigenvalue weighted by Gasteiger charge is 2.30. The number of nitrogens with one attached hydrogen (secondary N) is 2. The second-order valence-corrected chi connectivity index (χ2v) is 12.3. The summed E-state index contributed by atoms with van der Waals surface area (Å²) in [4.78, 5) is 47.4. The number of aliphatic carboxylic acids is 1. The summed E-state index contributed by atoms with van der Waals surface area (Å²) < 4.78 is 144. The molecular formula is C35H34F10N2O8. The Balaban J connectivity index is 0.000000380. The van der Waals surface area contributed by atoms with Crippen LogP contribution in [-0.4, -0.2) is 54.2 Å². The average Bonchev–Trinajstić information content (AvgIpc) is 3.13. The summed E-state index contributed by atoms with van der Waals surface area (Å²) in [7, 11) is 0. The first-order valence-electron chi connectivity index (χ1n) is 16.0. The van der Waals surface area contributed by atoms with E-state index in [1.165, 1.54) is 0 Å². The van der Waals surface area contributed by atoms with Gasteiger partial charge in [0.2, 0.25) is 69.9 Å². The van der Waals surface area contributed by atoms with Crippen molar-refractivity contribution in [1.29, 1.82) is 0 Å². The van der Waals surface area contributed by atoms with Gasteiger partial charge in [0.1, 0.15) is 18.7 Å². The molecule has 0 aliphatic heterocycles. The van der Waals surface area contributed by atoms with E-state index in [2.05, 4.69) is 20.1 Å². The molecule has 3 aromatic rings. The Labute approximate surface area is 306 Å². The molecule has 2 atom stereocenters. The number of hydrogen-bond donors (Lipinski definition) is 3. The topological polar surface area (TPSA) is 140 Å². The van der Waals surface area contributed by atoms with Crippen molar-refractivity contribution in [1.82, 2.24) is 10.6 Å². The third-order valence-electron chi connectivity index (χ3n) is 6.94. The fourth-order valence-corrected chi connectivity index (χ4v) is 4.35. The number of carbonyl (C=O) groups excluding carboxylic acids is 3. The van der Waals surface area contributed by atoms with Crippen LogP contribution in [0.2, 0.25) is 0 Å². The highest BCUT2D eigenvalue weighted by molar-refractivity contribution is 5.89. The number of halogens is 10. The second-order valence-electron chi connectivity index (χ2n) is 12.3. The van der Waals surface area contributed by atoms with Gasteiger partial charge in [0.15, 0.2) is 24.7 Å².